The molecule has 0 heterocycles. The summed E-state index contributed by atoms with van der Waals surface area (Å²) in [7, 11) is 1.30. The van der Waals surface area contributed by atoms with Crippen LogP contribution in [0.15, 0.2) is 0 Å². The van der Waals surface area contributed by atoms with Gasteiger partial charge >= 0.3 is 12.0 Å². The third-order valence-corrected chi connectivity index (χ3v) is 1.75. The van der Waals surface area contributed by atoms with Gasteiger partial charge in [0.15, 0.2) is 0 Å². The average Bonchev–Trinajstić information content (AvgIpc) is 2.15. The molecule has 0 radical (unpaired) electrons. The highest BCUT2D eigenvalue weighted by Crippen LogP contribution is 1.93. The molecule has 0 aromatic heterocycles. The Hall–Kier alpha value is -1.83. The third kappa shape index (κ3) is 5.15. The quantitative estimate of drug-likeness (QED) is 0.419. The third-order valence-electron chi connectivity index (χ3n) is 1.75. The largest absolute Gasteiger partial charge is 0.480 e. The highest BCUT2D eigenvalue weighted by atomic mass is 16.4. The predicted molar refractivity (Wildman–Crippen MR) is 53.5 cm³/mol. The van der Waals surface area contributed by atoms with E-state index in [1.807, 2.05) is 0 Å². The molecular weight excluding hydrogens is 218 g/mol. The first kappa shape index (κ1) is 14.2. The number of urea groups is 1. The fourth-order valence-electron chi connectivity index (χ4n) is 0.951. The van der Waals surface area contributed by atoms with Gasteiger partial charge in [-0.2, -0.15) is 0 Å². The summed E-state index contributed by atoms with van der Waals surface area (Å²) in [5.41, 5.74) is 4.86. The first-order valence-corrected chi connectivity index (χ1v) is 4.52. The van der Waals surface area contributed by atoms with E-state index in [2.05, 4.69) is 5.32 Å². The molecule has 0 spiro atoms. The molecule has 0 unspecified atom stereocenters. The van der Waals surface area contributed by atoms with E-state index in [0.717, 1.165) is 4.90 Å². The number of nitrogens with zero attached hydrogens (tertiary/aromatic N) is 1. The van der Waals surface area contributed by atoms with E-state index >= 15 is 0 Å². The molecule has 5 N–H and O–H groups in total. The van der Waals surface area contributed by atoms with Gasteiger partial charge in [-0.05, 0) is 0 Å². The van der Waals surface area contributed by atoms with Crippen LogP contribution < -0.4 is 11.1 Å². The van der Waals surface area contributed by atoms with Gasteiger partial charge in [-0.25, -0.2) is 9.59 Å². The second kappa shape index (κ2) is 6.62. The van der Waals surface area contributed by atoms with Crippen molar-refractivity contribution in [3.8, 4) is 0 Å². The first-order valence-electron chi connectivity index (χ1n) is 4.52. The van der Waals surface area contributed by atoms with E-state index in [-0.39, 0.29) is 19.6 Å². The minimum Gasteiger partial charge on any atom is -0.480 e. The summed E-state index contributed by atoms with van der Waals surface area (Å²) in [6, 6.07) is -1.92. The average molecular weight is 233 g/mol. The fraction of sp³-hybridized carbons (Fsp3) is 0.625. The molecule has 3 amide bonds. The zero-order valence-electron chi connectivity index (χ0n) is 8.84. The molecule has 0 bridgehead atoms. The number of hydrogen-bond donors (Lipinski definition) is 4. The van der Waals surface area contributed by atoms with Gasteiger partial charge in [0.25, 0.3) is 0 Å². The molecule has 16 heavy (non-hydrogen) atoms. The van der Waals surface area contributed by atoms with Crippen molar-refractivity contribution in [3.05, 3.63) is 0 Å². The van der Waals surface area contributed by atoms with Crippen molar-refractivity contribution < 1.29 is 24.6 Å². The van der Waals surface area contributed by atoms with Gasteiger partial charge < -0.3 is 26.2 Å². The Bertz CT molecular complexity index is 281. The van der Waals surface area contributed by atoms with Crippen molar-refractivity contribution in [1.82, 2.24) is 10.2 Å². The lowest BCUT2D eigenvalue weighted by Crippen LogP contribution is -2.48. The van der Waals surface area contributed by atoms with E-state index in [1.165, 1.54) is 7.05 Å². The van der Waals surface area contributed by atoms with E-state index in [0.29, 0.717) is 0 Å². The highest BCUT2D eigenvalue weighted by molar-refractivity contribution is 5.85. The number of carbonyl (C=O) groups excluding carboxylic acids is 2. The van der Waals surface area contributed by atoms with Gasteiger partial charge in [-0.15, -0.1) is 0 Å². The van der Waals surface area contributed by atoms with Gasteiger partial charge in [0, 0.05) is 20.1 Å². The smallest absolute Gasteiger partial charge is 0.326 e. The maximum absolute atomic E-state index is 11.3. The summed E-state index contributed by atoms with van der Waals surface area (Å²) in [5.74, 6) is -1.96. The number of aliphatic carboxylic acids is 1. The number of aliphatic hydroxyl groups is 1. The first-order chi connectivity index (χ1) is 7.38. The van der Waals surface area contributed by atoms with E-state index in [1.54, 1.807) is 0 Å². The zero-order chi connectivity index (χ0) is 12.7. The second-order valence-corrected chi connectivity index (χ2v) is 3.17. The molecule has 8 heteroatoms. The van der Waals surface area contributed by atoms with Gasteiger partial charge in [-0.1, -0.05) is 0 Å². The van der Waals surface area contributed by atoms with E-state index in [9.17, 15) is 14.4 Å². The zero-order valence-corrected chi connectivity index (χ0v) is 8.84. The summed E-state index contributed by atoms with van der Waals surface area (Å²) in [4.78, 5) is 33.4. The monoisotopic (exact) mass is 233 g/mol. The minimum atomic E-state index is -1.25. The van der Waals surface area contributed by atoms with Crippen molar-refractivity contribution in [2.45, 2.75) is 12.5 Å². The number of carboxylic acids is 1. The molecule has 0 saturated carbocycles. The normalized spacial score (nSPS) is 11.6. The molecule has 0 saturated heterocycles. The number of carbonyl (C=O) groups is 3. The van der Waals surface area contributed by atoms with Crippen LogP contribution in [0.2, 0.25) is 0 Å². The number of amides is 3. The lowest BCUT2D eigenvalue weighted by molar-refractivity contribution is -0.139. The van der Waals surface area contributed by atoms with Crippen LogP contribution in [0.4, 0.5) is 4.79 Å². The van der Waals surface area contributed by atoms with Crippen LogP contribution in [0.3, 0.4) is 0 Å². The number of likely N-dealkylation sites (N-methyl/N-ethyl adjacent to an activating group) is 1. The molecule has 0 aliphatic heterocycles. The Kier molecular flexibility index (Phi) is 5.86. The number of rotatable bonds is 6. The maximum atomic E-state index is 11.3. The van der Waals surface area contributed by atoms with Crippen molar-refractivity contribution in [3.63, 3.8) is 0 Å². The molecule has 8 nitrogen and oxygen atoms in total. The fourth-order valence-corrected chi connectivity index (χ4v) is 0.951. The number of aliphatic hydroxyl groups excluding tert-OH is 1. The highest BCUT2D eigenvalue weighted by Gasteiger charge is 2.21. The van der Waals surface area contributed by atoms with Crippen molar-refractivity contribution in [2.24, 2.45) is 5.73 Å². The Balaban J connectivity index is 4.28. The van der Waals surface area contributed by atoms with Crippen LogP contribution in [0.1, 0.15) is 6.42 Å². The Labute approximate surface area is 92.0 Å². The number of nitrogens with two attached hydrogens (primary N) is 1. The number of nitrogens with one attached hydrogen (secondary N) is 1. The summed E-state index contributed by atoms with van der Waals surface area (Å²) in [6.07, 6.45) is -0.106. The maximum Gasteiger partial charge on any atom is 0.326 e. The second-order valence-electron chi connectivity index (χ2n) is 3.17. The summed E-state index contributed by atoms with van der Waals surface area (Å²) >= 11 is 0. The minimum absolute atomic E-state index is 0.106. The number of carboxylic acid groups (broad SMARTS) is 1. The van der Waals surface area contributed by atoms with Crippen molar-refractivity contribution in [1.29, 1.82) is 0 Å². The van der Waals surface area contributed by atoms with Gasteiger partial charge in [0.1, 0.15) is 12.6 Å². The molecule has 0 aliphatic carbocycles. The van der Waals surface area contributed by atoms with E-state index in [4.69, 9.17) is 15.9 Å². The Morgan fingerprint density at radius 2 is 2.00 bits per heavy atom. The summed E-state index contributed by atoms with van der Waals surface area (Å²) < 4.78 is 0. The topological polar surface area (TPSA) is 133 Å². The lowest BCUT2D eigenvalue weighted by Gasteiger charge is -2.19. The standard InChI is InChI=1S/C8H15N3O5/c1-11(4-6(9)13)8(16)10-5(2-3-12)7(14)15/h5,12H,2-4H2,1H3,(H2,9,13)(H,10,16)(H,14,15)/t5-/m0/s1. The molecule has 1 atom stereocenters. The predicted octanol–water partition coefficient (Wildman–Crippen LogP) is -2.05. The Morgan fingerprint density at radius 3 is 2.38 bits per heavy atom. The molecule has 92 valence electrons. The van der Waals surface area contributed by atoms with Crippen LogP contribution >= 0.6 is 0 Å². The molecule has 0 aromatic carbocycles. The van der Waals surface area contributed by atoms with Crippen LogP contribution in [0, 0.1) is 0 Å². The van der Waals surface area contributed by atoms with Crippen molar-refractivity contribution in [2.75, 3.05) is 20.2 Å². The summed E-state index contributed by atoms with van der Waals surface area (Å²) in [6.45, 7) is -0.673. The molecular formula is C8H15N3O5. The van der Waals surface area contributed by atoms with Gasteiger partial charge in [-0.3, -0.25) is 4.79 Å². The SMILES string of the molecule is CN(CC(N)=O)C(=O)N[C@@H](CCO)C(=O)O. The molecule has 0 fully saturated rings. The van der Waals surface area contributed by atoms with Crippen LogP contribution in [0.5, 0.6) is 0 Å². The molecule has 0 rings (SSSR count). The van der Waals surface area contributed by atoms with Crippen LogP contribution in [0.25, 0.3) is 0 Å². The van der Waals surface area contributed by atoms with Crippen LogP contribution in [-0.2, 0) is 9.59 Å². The summed E-state index contributed by atoms with van der Waals surface area (Å²) in [5, 5.41) is 19.4. The van der Waals surface area contributed by atoms with Gasteiger partial charge in [0.2, 0.25) is 5.91 Å². The van der Waals surface area contributed by atoms with Gasteiger partial charge in [0.05, 0.1) is 0 Å². The Morgan fingerprint density at radius 1 is 1.44 bits per heavy atom. The molecule has 0 aliphatic rings. The lowest BCUT2D eigenvalue weighted by atomic mass is 10.2. The van der Waals surface area contributed by atoms with E-state index < -0.39 is 23.9 Å². The number of hydrogen-bond acceptors (Lipinski definition) is 4. The van der Waals surface area contributed by atoms with Crippen molar-refractivity contribution >= 4 is 17.9 Å². The molecule has 0 aromatic rings. The number of primary amides is 1. The van der Waals surface area contributed by atoms with Crippen LogP contribution in [-0.4, -0.2) is 59.3 Å².